The number of fused-ring (bicyclic) bond motifs is 7. The van der Waals surface area contributed by atoms with Crippen LogP contribution in [0.15, 0.2) is 218 Å². The Morgan fingerprint density at radius 3 is 0.879 bits per heavy atom. The van der Waals surface area contributed by atoms with Crippen LogP contribution >= 0.6 is 0 Å². The van der Waals surface area contributed by atoms with Crippen LogP contribution in [0.3, 0.4) is 0 Å². The summed E-state index contributed by atoms with van der Waals surface area (Å²) in [5.41, 5.74) is 10.0. The van der Waals surface area contributed by atoms with Gasteiger partial charge in [-0.2, -0.15) is 0 Å². The monoisotopic (exact) mass is 732 g/mol. The minimum absolute atomic E-state index is 1.22. The zero-order valence-electron chi connectivity index (χ0n) is 31.8. The molecule has 0 unspecified atom stereocenters. The Kier molecular flexibility index (Phi) is 7.33. The lowest BCUT2D eigenvalue weighted by Crippen LogP contribution is -1.94. The Hall–Kier alpha value is -7.54. The molecular formula is C58H36. The first-order chi connectivity index (χ1) is 28.8. The van der Waals surface area contributed by atoms with Gasteiger partial charge in [-0.05, 0) is 144 Å². The van der Waals surface area contributed by atoms with Gasteiger partial charge in [-0.3, -0.25) is 0 Å². The number of rotatable bonds is 4. The van der Waals surface area contributed by atoms with E-state index >= 15 is 0 Å². The summed E-state index contributed by atoms with van der Waals surface area (Å²) in [4.78, 5) is 0. The fourth-order valence-electron chi connectivity index (χ4n) is 9.83. The minimum atomic E-state index is 1.22. The van der Waals surface area contributed by atoms with E-state index in [9.17, 15) is 0 Å². The number of hydrogen-bond acceptors (Lipinski definition) is 0. The maximum Gasteiger partial charge on any atom is -0.00199 e. The molecule has 0 aliphatic heterocycles. The summed E-state index contributed by atoms with van der Waals surface area (Å²) in [7, 11) is 0. The second-order valence-corrected chi connectivity index (χ2v) is 15.6. The largest absolute Gasteiger partial charge is 0.0616 e. The molecule has 0 aromatic heterocycles. The lowest BCUT2D eigenvalue weighted by molar-refractivity contribution is 1.66. The van der Waals surface area contributed by atoms with Gasteiger partial charge in [-0.15, -0.1) is 0 Å². The molecule has 0 N–H and O–H groups in total. The average molecular weight is 733 g/mol. The van der Waals surface area contributed by atoms with Crippen LogP contribution in [-0.4, -0.2) is 0 Å². The van der Waals surface area contributed by atoms with Crippen molar-refractivity contribution in [1.29, 1.82) is 0 Å². The van der Waals surface area contributed by atoms with Crippen molar-refractivity contribution in [2.75, 3.05) is 0 Å². The molecule has 0 spiro atoms. The van der Waals surface area contributed by atoms with Gasteiger partial charge in [0.25, 0.3) is 0 Å². The van der Waals surface area contributed by atoms with Crippen LogP contribution in [0.5, 0.6) is 0 Å². The quantitative estimate of drug-likeness (QED) is 0.158. The van der Waals surface area contributed by atoms with E-state index in [0.717, 1.165) is 0 Å². The van der Waals surface area contributed by atoms with Gasteiger partial charge in [0.05, 0.1) is 0 Å². The summed E-state index contributed by atoms with van der Waals surface area (Å²) < 4.78 is 0. The summed E-state index contributed by atoms with van der Waals surface area (Å²) in [6.45, 7) is 0. The maximum atomic E-state index is 2.48. The van der Waals surface area contributed by atoms with Crippen molar-refractivity contribution in [1.82, 2.24) is 0 Å². The lowest BCUT2D eigenvalue weighted by atomic mass is 9.82. The highest BCUT2D eigenvalue weighted by molar-refractivity contribution is 6.26. The Bertz CT molecular complexity index is 3510. The van der Waals surface area contributed by atoms with E-state index in [0.29, 0.717) is 0 Å². The smallest absolute Gasteiger partial charge is 0.00199 e. The molecule has 0 fully saturated rings. The molecule has 0 atom stereocenters. The van der Waals surface area contributed by atoms with E-state index in [2.05, 4.69) is 218 Å². The van der Waals surface area contributed by atoms with Crippen molar-refractivity contribution < 1.29 is 0 Å². The highest BCUT2D eigenvalue weighted by atomic mass is 14.2. The van der Waals surface area contributed by atoms with Crippen LogP contribution in [0.2, 0.25) is 0 Å². The van der Waals surface area contributed by atoms with Crippen molar-refractivity contribution in [2.45, 2.75) is 0 Å². The third-order valence-corrected chi connectivity index (χ3v) is 12.4. The van der Waals surface area contributed by atoms with E-state index in [1.165, 1.54) is 120 Å². The Labute approximate surface area is 336 Å². The van der Waals surface area contributed by atoms with E-state index in [1.54, 1.807) is 0 Å². The van der Waals surface area contributed by atoms with Gasteiger partial charge >= 0.3 is 0 Å². The zero-order valence-corrected chi connectivity index (χ0v) is 31.8. The first-order valence-electron chi connectivity index (χ1n) is 20.2. The molecule has 0 heterocycles. The molecule has 0 bridgehead atoms. The highest BCUT2D eigenvalue weighted by Crippen LogP contribution is 2.49. The van der Waals surface area contributed by atoms with Gasteiger partial charge in [0.2, 0.25) is 0 Å². The van der Waals surface area contributed by atoms with Crippen LogP contribution in [0.4, 0.5) is 0 Å². The third kappa shape index (κ3) is 5.02. The minimum Gasteiger partial charge on any atom is -0.0616 e. The molecule has 0 nitrogen and oxygen atoms in total. The molecule has 0 saturated heterocycles. The fourth-order valence-corrected chi connectivity index (χ4v) is 9.83. The summed E-state index contributed by atoms with van der Waals surface area (Å²) in [6.07, 6.45) is 0. The molecule has 0 aliphatic rings. The predicted octanol–water partition coefficient (Wildman–Crippen LogP) is 16.4. The van der Waals surface area contributed by atoms with Gasteiger partial charge < -0.3 is 0 Å². The number of hydrogen-bond donors (Lipinski definition) is 0. The molecule has 268 valence electrons. The Morgan fingerprint density at radius 2 is 0.466 bits per heavy atom. The lowest BCUT2D eigenvalue weighted by Gasteiger charge is -2.21. The Morgan fingerprint density at radius 1 is 0.172 bits per heavy atom. The second-order valence-electron chi connectivity index (χ2n) is 15.6. The SMILES string of the molecule is c1ccc2cc(-c3c4ccccc4c(-c4cc(-c5c6ccccc6c(-c6ccc7ccccc7c6)c6ccccc56)c5ccccc5c4)c4ccccc34)ccc2c1. The van der Waals surface area contributed by atoms with Crippen molar-refractivity contribution in [2.24, 2.45) is 0 Å². The summed E-state index contributed by atoms with van der Waals surface area (Å²) in [6, 6.07) is 81.1. The van der Waals surface area contributed by atoms with Gasteiger partial charge in [-0.1, -0.05) is 194 Å². The van der Waals surface area contributed by atoms with E-state index in [1.807, 2.05) is 0 Å². The van der Waals surface area contributed by atoms with Gasteiger partial charge in [0.15, 0.2) is 0 Å². The normalized spacial score (nSPS) is 11.8. The molecule has 12 aromatic carbocycles. The van der Waals surface area contributed by atoms with E-state index < -0.39 is 0 Å². The zero-order chi connectivity index (χ0) is 38.2. The molecule has 0 radical (unpaired) electrons. The molecule has 0 saturated carbocycles. The van der Waals surface area contributed by atoms with Gasteiger partial charge in [0, 0.05) is 0 Å². The van der Waals surface area contributed by atoms with Crippen molar-refractivity contribution in [3.05, 3.63) is 218 Å². The Balaban J connectivity index is 1.17. The average Bonchev–Trinajstić information content (AvgIpc) is 3.29. The molecular weight excluding hydrogens is 697 g/mol. The van der Waals surface area contributed by atoms with Crippen molar-refractivity contribution in [3.8, 4) is 44.5 Å². The van der Waals surface area contributed by atoms with Crippen LogP contribution < -0.4 is 0 Å². The number of benzene rings is 12. The first-order valence-corrected chi connectivity index (χ1v) is 20.2. The maximum absolute atomic E-state index is 2.48. The van der Waals surface area contributed by atoms with E-state index in [4.69, 9.17) is 0 Å². The van der Waals surface area contributed by atoms with Crippen LogP contribution in [0.25, 0.3) is 120 Å². The molecule has 0 heteroatoms. The third-order valence-electron chi connectivity index (χ3n) is 12.4. The molecule has 12 aromatic rings. The standard InChI is InChI=1S/C58H36/c1-3-17-39-33-42(31-29-37(39)15-1)55-46-21-7-9-23-48(46)57(49-24-10-8-22-47(49)55)44-35-41-19-5-6-20-45(41)54(36-44)58-52-27-13-11-25-50(52)56(51-26-12-14-28-53(51)58)43-32-30-38-16-2-4-18-40(38)34-43/h1-36H. The molecule has 58 heavy (non-hydrogen) atoms. The molecule has 0 amide bonds. The van der Waals surface area contributed by atoms with Crippen molar-refractivity contribution in [3.63, 3.8) is 0 Å². The summed E-state index contributed by atoms with van der Waals surface area (Å²) >= 11 is 0. The molecule has 0 aliphatic carbocycles. The predicted molar refractivity (Wildman–Crippen MR) is 251 cm³/mol. The topological polar surface area (TPSA) is 0 Å². The summed E-state index contributed by atoms with van der Waals surface area (Å²) in [5.74, 6) is 0. The summed E-state index contributed by atoms with van der Waals surface area (Å²) in [5, 5.41) is 17.6. The first kappa shape index (κ1) is 32.7. The van der Waals surface area contributed by atoms with Gasteiger partial charge in [0.1, 0.15) is 0 Å². The van der Waals surface area contributed by atoms with Crippen LogP contribution in [-0.2, 0) is 0 Å². The van der Waals surface area contributed by atoms with E-state index in [-0.39, 0.29) is 0 Å². The second kappa shape index (κ2) is 13.0. The van der Waals surface area contributed by atoms with Crippen molar-refractivity contribution >= 4 is 75.4 Å². The molecule has 12 rings (SSSR count). The van der Waals surface area contributed by atoms with Crippen LogP contribution in [0, 0.1) is 0 Å². The highest BCUT2D eigenvalue weighted by Gasteiger charge is 2.22. The van der Waals surface area contributed by atoms with Crippen LogP contribution in [0.1, 0.15) is 0 Å². The fraction of sp³-hybridized carbons (Fsp3) is 0. The van der Waals surface area contributed by atoms with Gasteiger partial charge in [-0.25, -0.2) is 0 Å².